The molecule has 0 spiro atoms. The number of rotatable bonds is 5. The third-order valence-corrected chi connectivity index (χ3v) is 4.62. The van der Waals surface area contributed by atoms with E-state index in [-0.39, 0.29) is 5.56 Å². The van der Waals surface area contributed by atoms with Gasteiger partial charge in [-0.1, -0.05) is 24.3 Å². The molecule has 0 bridgehead atoms. The van der Waals surface area contributed by atoms with Gasteiger partial charge in [0.1, 0.15) is 5.82 Å². The molecule has 0 aliphatic rings. The summed E-state index contributed by atoms with van der Waals surface area (Å²) in [6, 6.07) is 22.8. The Morgan fingerprint density at radius 2 is 1.71 bits per heavy atom. The van der Waals surface area contributed by atoms with Crippen LogP contribution in [0.5, 0.6) is 0 Å². The number of nitriles is 1. The van der Waals surface area contributed by atoms with Gasteiger partial charge in [0, 0.05) is 43.3 Å². The Bertz CT molecular complexity index is 1180. The fraction of sp³-hybridized carbons (Fsp3) is 0.0870. The van der Waals surface area contributed by atoms with Crippen LogP contribution in [0.3, 0.4) is 0 Å². The van der Waals surface area contributed by atoms with Gasteiger partial charge in [-0.25, -0.2) is 4.98 Å². The molecular weight excluding hydrogens is 348 g/mol. The Balaban J connectivity index is 1.51. The number of aromatic nitrogens is 3. The second-order valence-corrected chi connectivity index (χ2v) is 6.55. The van der Waals surface area contributed by atoms with Crippen LogP contribution in [0.4, 0.5) is 0 Å². The maximum Gasteiger partial charge on any atom is 0.256 e. The Hall–Kier alpha value is -3.91. The molecule has 5 nitrogen and oxygen atoms in total. The first kappa shape index (κ1) is 17.5. The Labute approximate surface area is 162 Å². The standard InChI is InChI=1S/C23H18N4O/c24-15-19-8-6-18(7-9-19)14-21-4-3-12-26(21)17-20-10-11-22(25-16-20)27-13-2-1-5-23(27)28/h1-13,16H,14,17H2. The number of benzene rings is 1. The van der Waals surface area contributed by atoms with Crippen molar-refractivity contribution in [2.45, 2.75) is 13.0 Å². The molecular formula is C23H18N4O. The van der Waals surface area contributed by atoms with Gasteiger partial charge in [0.25, 0.3) is 5.56 Å². The van der Waals surface area contributed by atoms with Crippen molar-refractivity contribution >= 4 is 0 Å². The molecule has 0 saturated heterocycles. The summed E-state index contributed by atoms with van der Waals surface area (Å²) in [5.74, 6) is 0.611. The second kappa shape index (κ2) is 7.77. The quantitative estimate of drug-likeness (QED) is 0.543. The lowest BCUT2D eigenvalue weighted by atomic mass is 10.1. The smallest absolute Gasteiger partial charge is 0.256 e. The van der Waals surface area contributed by atoms with Crippen LogP contribution in [0, 0.1) is 11.3 Å². The first-order valence-corrected chi connectivity index (χ1v) is 8.99. The van der Waals surface area contributed by atoms with E-state index < -0.39 is 0 Å². The monoisotopic (exact) mass is 366 g/mol. The normalized spacial score (nSPS) is 10.5. The van der Waals surface area contributed by atoms with E-state index in [1.807, 2.05) is 48.5 Å². The van der Waals surface area contributed by atoms with Gasteiger partial charge in [0.05, 0.1) is 11.6 Å². The summed E-state index contributed by atoms with van der Waals surface area (Å²) in [5, 5.41) is 8.92. The summed E-state index contributed by atoms with van der Waals surface area (Å²) in [7, 11) is 0. The molecule has 0 fully saturated rings. The van der Waals surface area contributed by atoms with Crippen molar-refractivity contribution in [2.24, 2.45) is 0 Å². The molecule has 136 valence electrons. The van der Waals surface area contributed by atoms with Gasteiger partial charge in [0.15, 0.2) is 0 Å². The molecule has 0 radical (unpaired) electrons. The summed E-state index contributed by atoms with van der Waals surface area (Å²) in [6.45, 7) is 0.704. The minimum atomic E-state index is -0.0992. The van der Waals surface area contributed by atoms with Crippen molar-refractivity contribution in [3.8, 4) is 11.9 Å². The topological polar surface area (TPSA) is 63.6 Å². The van der Waals surface area contributed by atoms with E-state index in [0.717, 1.165) is 17.5 Å². The molecule has 28 heavy (non-hydrogen) atoms. The van der Waals surface area contributed by atoms with Gasteiger partial charge < -0.3 is 4.57 Å². The summed E-state index contributed by atoms with van der Waals surface area (Å²) < 4.78 is 3.71. The highest BCUT2D eigenvalue weighted by atomic mass is 16.1. The zero-order valence-electron chi connectivity index (χ0n) is 15.2. The van der Waals surface area contributed by atoms with Gasteiger partial charge in [-0.15, -0.1) is 0 Å². The Morgan fingerprint density at radius 3 is 2.43 bits per heavy atom. The average molecular weight is 366 g/mol. The van der Waals surface area contributed by atoms with Crippen LogP contribution in [0.1, 0.15) is 22.4 Å². The van der Waals surface area contributed by atoms with E-state index in [0.29, 0.717) is 17.9 Å². The minimum absolute atomic E-state index is 0.0992. The van der Waals surface area contributed by atoms with Crippen LogP contribution in [-0.2, 0) is 13.0 Å². The number of pyridine rings is 2. The predicted molar refractivity (Wildman–Crippen MR) is 107 cm³/mol. The lowest BCUT2D eigenvalue weighted by Gasteiger charge is -2.10. The third kappa shape index (κ3) is 3.76. The molecule has 5 heteroatoms. The first-order chi connectivity index (χ1) is 13.7. The molecule has 0 unspecified atom stereocenters. The Morgan fingerprint density at radius 1 is 0.893 bits per heavy atom. The van der Waals surface area contributed by atoms with E-state index in [1.54, 1.807) is 18.5 Å². The molecule has 0 saturated carbocycles. The highest BCUT2D eigenvalue weighted by Gasteiger charge is 2.05. The fourth-order valence-corrected chi connectivity index (χ4v) is 3.14. The van der Waals surface area contributed by atoms with Crippen molar-refractivity contribution in [1.29, 1.82) is 5.26 Å². The van der Waals surface area contributed by atoms with Crippen LogP contribution >= 0.6 is 0 Å². The zero-order valence-corrected chi connectivity index (χ0v) is 15.2. The predicted octanol–water partition coefficient (Wildman–Crippen LogP) is 3.54. The maximum absolute atomic E-state index is 11.9. The highest BCUT2D eigenvalue weighted by molar-refractivity contribution is 5.33. The fourth-order valence-electron chi connectivity index (χ4n) is 3.14. The van der Waals surface area contributed by atoms with E-state index >= 15 is 0 Å². The van der Waals surface area contributed by atoms with Crippen molar-refractivity contribution in [3.63, 3.8) is 0 Å². The molecule has 3 aromatic heterocycles. The van der Waals surface area contributed by atoms with Gasteiger partial charge in [-0.05, 0) is 47.5 Å². The van der Waals surface area contributed by atoms with Crippen LogP contribution in [0.25, 0.3) is 5.82 Å². The zero-order chi connectivity index (χ0) is 19.3. The minimum Gasteiger partial charge on any atom is -0.347 e. The molecule has 3 heterocycles. The summed E-state index contributed by atoms with van der Waals surface area (Å²) in [4.78, 5) is 16.4. The van der Waals surface area contributed by atoms with Gasteiger partial charge in [-0.2, -0.15) is 5.26 Å². The maximum atomic E-state index is 11.9. The molecule has 1 aromatic carbocycles. The van der Waals surface area contributed by atoms with Crippen molar-refractivity contribution in [1.82, 2.24) is 14.1 Å². The summed E-state index contributed by atoms with van der Waals surface area (Å²) in [6.07, 6.45) is 6.37. The number of hydrogen-bond donors (Lipinski definition) is 0. The van der Waals surface area contributed by atoms with Crippen LogP contribution < -0.4 is 5.56 Å². The lowest BCUT2D eigenvalue weighted by Crippen LogP contribution is -2.16. The largest absolute Gasteiger partial charge is 0.347 e. The van der Waals surface area contributed by atoms with Crippen molar-refractivity contribution < 1.29 is 0 Å². The highest BCUT2D eigenvalue weighted by Crippen LogP contribution is 2.14. The summed E-state index contributed by atoms with van der Waals surface area (Å²) >= 11 is 0. The second-order valence-electron chi connectivity index (χ2n) is 6.55. The van der Waals surface area contributed by atoms with Crippen molar-refractivity contribution in [3.05, 3.63) is 118 Å². The SMILES string of the molecule is N#Cc1ccc(Cc2cccn2Cc2ccc(-n3ccccc3=O)nc2)cc1. The van der Waals surface area contributed by atoms with Crippen molar-refractivity contribution in [2.75, 3.05) is 0 Å². The molecule has 4 aromatic rings. The van der Waals surface area contributed by atoms with Gasteiger partial charge >= 0.3 is 0 Å². The first-order valence-electron chi connectivity index (χ1n) is 8.99. The Kier molecular flexibility index (Phi) is 4.85. The van der Waals surface area contributed by atoms with Crippen LogP contribution in [-0.4, -0.2) is 14.1 Å². The molecule has 4 rings (SSSR count). The molecule has 0 atom stereocenters. The van der Waals surface area contributed by atoms with E-state index in [2.05, 4.69) is 27.9 Å². The van der Waals surface area contributed by atoms with Gasteiger partial charge in [-0.3, -0.25) is 9.36 Å². The molecule has 0 amide bonds. The van der Waals surface area contributed by atoms with E-state index in [9.17, 15) is 4.79 Å². The van der Waals surface area contributed by atoms with Crippen LogP contribution in [0.15, 0.2) is 90.1 Å². The van der Waals surface area contributed by atoms with E-state index in [4.69, 9.17) is 5.26 Å². The number of hydrogen-bond acceptors (Lipinski definition) is 3. The molecule has 0 N–H and O–H groups in total. The van der Waals surface area contributed by atoms with Gasteiger partial charge in [0.2, 0.25) is 0 Å². The lowest BCUT2D eigenvalue weighted by molar-refractivity contribution is 0.754. The average Bonchev–Trinajstić information content (AvgIpc) is 3.16. The number of nitrogens with zero attached hydrogens (tertiary/aromatic N) is 4. The third-order valence-electron chi connectivity index (χ3n) is 4.62. The summed E-state index contributed by atoms with van der Waals surface area (Å²) in [5.41, 5.74) is 3.98. The van der Waals surface area contributed by atoms with E-state index in [1.165, 1.54) is 16.3 Å². The molecule has 0 aliphatic heterocycles. The van der Waals surface area contributed by atoms with Crippen LogP contribution in [0.2, 0.25) is 0 Å². The molecule has 0 aliphatic carbocycles.